The van der Waals surface area contributed by atoms with Gasteiger partial charge in [-0.05, 0) is 34.5 Å². The average molecular weight is 345 g/mol. The third-order valence-electron chi connectivity index (χ3n) is 3.99. The smallest absolute Gasteiger partial charge is 0.258 e. The van der Waals surface area contributed by atoms with Gasteiger partial charge in [0.05, 0.1) is 10.9 Å². The van der Waals surface area contributed by atoms with Gasteiger partial charge in [-0.1, -0.05) is 12.1 Å². The highest BCUT2D eigenvalue weighted by atomic mass is 79.9. The number of aryl methyl sites for hydroxylation is 1. The molecule has 2 atom stereocenters. The normalized spacial score (nSPS) is 20.9. The largest absolute Gasteiger partial charge is 0.337 e. The lowest BCUT2D eigenvalue weighted by molar-refractivity contribution is 0.773. The molecule has 2 aromatic heterocycles. The maximum atomic E-state index is 12.1. The van der Waals surface area contributed by atoms with E-state index in [9.17, 15) is 4.79 Å². The fourth-order valence-electron chi connectivity index (χ4n) is 2.85. The van der Waals surface area contributed by atoms with Crippen LogP contribution < -0.4 is 5.56 Å². The molecule has 1 N–H and O–H groups in total. The van der Waals surface area contributed by atoms with Crippen LogP contribution in [0.2, 0.25) is 0 Å². The second-order valence-electron chi connectivity index (χ2n) is 5.45. The van der Waals surface area contributed by atoms with Crippen molar-refractivity contribution in [3.05, 3.63) is 57.1 Å². The highest BCUT2D eigenvalue weighted by molar-refractivity contribution is 9.10. The van der Waals surface area contributed by atoms with Crippen molar-refractivity contribution >= 4 is 26.8 Å². The van der Waals surface area contributed by atoms with Gasteiger partial charge >= 0.3 is 0 Å². The fraction of sp³-hybridized carbons (Fsp3) is 0.267. The zero-order chi connectivity index (χ0) is 14.6. The number of hydrogen-bond donors (Lipinski definition) is 1. The van der Waals surface area contributed by atoms with Crippen LogP contribution in [0.3, 0.4) is 0 Å². The number of para-hydroxylation sites is 1. The van der Waals surface area contributed by atoms with Crippen molar-refractivity contribution in [3.63, 3.8) is 0 Å². The summed E-state index contributed by atoms with van der Waals surface area (Å²) in [6, 6.07) is 7.43. The van der Waals surface area contributed by atoms with E-state index in [1.54, 1.807) is 6.07 Å². The Labute approximate surface area is 129 Å². The van der Waals surface area contributed by atoms with Crippen LogP contribution in [0.25, 0.3) is 10.9 Å². The lowest BCUT2D eigenvalue weighted by Gasteiger charge is -2.03. The molecule has 2 heterocycles. The van der Waals surface area contributed by atoms with E-state index in [4.69, 9.17) is 0 Å². The standard InChI is InChI=1S/C15H13BrN4O/c1-20-7-12(16)18-14(20)10-6-9(10)13-17-11-5-3-2-4-8(11)15(21)19-13/h2-5,7,9-10H,6H2,1H3,(H,17,19,21). The van der Waals surface area contributed by atoms with Crippen molar-refractivity contribution < 1.29 is 0 Å². The maximum absolute atomic E-state index is 12.1. The zero-order valence-electron chi connectivity index (χ0n) is 11.4. The fourth-order valence-corrected chi connectivity index (χ4v) is 3.34. The molecule has 0 aliphatic heterocycles. The lowest BCUT2D eigenvalue weighted by atomic mass is 10.2. The first-order valence-electron chi connectivity index (χ1n) is 6.81. The summed E-state index contributed by atoms with van der Waals surface area (Å²) < 4.78 is 2.86. The minimum Gasteiger partial charge on any atom is -0.337 e. The number of H-pyrrole nitrogens is 1. The van der Waals surface area contributed by atoms with Crippen LogP contribution >= 0.6 is 15.9 Å². The van der Waals surface area contributed by atoms with Crippen molar-refractivity contribution in [2.24, 2.45) is 7.05 Å². The molecule has 0 amide bonds. The van der Waals surface area contributed by atoms with Gasteiger partial charge in [-0.2, -0.15) is 0 Å². The van der Waals surface area contributed by atoms with Gasteiger partial charge in [-0.3, -0.25) is 4.79 Å². The van der Waals surface area contributed by atoms with Crippen LogP contribution in [-0.2, 0) is 7.05 Å². The number of hydrogen-bond acceptors (Lipinski definition) is 3. The Morgan fingerprint density at radius 1 is 1.29 bits per heavy atom. The van der Waals surface area contributed by atoms with E-state index in [0.29, 0.717) is 11.3 Å². The monoisotopic (exact) mass is 344 g/mol. The molecule has 4 rings (SSSR count). The summed E-state index contributed by atoms with van der Waals surface area (Å²) in [7, 11) is 1.99. The molecule has 2 unspecified atom stereocenters. The summed E-state index contributed by atoms with van der Waals surface area (Å²) in [5, 5.41) is 0.637. The van der Waals surface area contributed by atoms with E-state index in [2.05, 4.69) is 30.9 Å². The topological polar surface area (TPSA) is 63.6 Å². The number of aromatic nitrogens is 4. The van der Waals surface area contributed by atoms with Gasteiger partial charge in [0.1, 0.15) is 16.3 Å². The number of nitrogens with zero attached hydrogens (tertiary/aromatic N) is 3. The number of fused-ring (bicyclic) bond motifs is 1. The van der Waals surface area contributed by atoms with Crippen molar-refractivity contribution in [3.8, 4) is 0 Å². The Kier molecular flexibility index (Phi) is 2.75. The van der Waals surface area contributed by atoms with Gasteiger partial charge in [0.15, 0.2) is 0 Å². The molecule has 1 aromatic carbocycles. The van der Waals surface area contributed by atoms with Crippen molar-refractivity contribution in [1.82, 2.24) is 19.5 Å². The Balaban J connectivity index is 1.73. The van der Waals surface area contributed by atoms with Crippen LogP contribution in [0.4, 0.5) is 0 Å². The highest BCUT2D eigenvalue weighted by Gasteiger charge is 2.44. The number of benzene rings is 1. The van der Waals surface area contributed by atoms with Gasteiger partial charge in [0.25, 0.3) is 5.56 Å². The number of aromatic amines is 1. The first kappa shape index (κ1) is 12.8. The lowest BCUT2D eigenvalue weighted by Crippen LogP contribution is -2.11. The van der Waals surface area contributed by atoms with Crippen molar-refractivity contribution in [2.75, 3.05) is 0 Å². The van der Waals surface area contributed by atoms with Crippen LogP contribution in [-0.4, -0.2) is 19.5 Å². The zero-order valence-corrected chi connectivity index (χ0v) is 13.0. The molecule has 1 aliphatic rings. The molecule has 0 radical (unpaired) electrons. The molecule has 106 valence electrons. The Morgan fingerprint density at radius 3 is 2.86 bits per heavy atom. The maximum Gasteiger partial charge on any atom is 0.258 e. The third kappa shape index (κ3) is 2.10. The molecular formula is C15H13BrN4O. The first-order chi connectivity index (χ1) is 10.1. The van der Waals surface area contributed by atoms with E-state index in [0.717, 1.165) is 28.2 Å². The van der Waals surface area contributed by atoms with E-state index < -0.39 is 0 Å². The molecule has 0 bridgehead atoms. The molecule has 0 saturated heterocycles. The second kappa shape index (κ2) is 4.53. The van der Waals surface area contributed by atoms with Gasteiger partial charge in [-0.25, -0.2) is 9.97 Å². The van der Waals surface area contributed by atoms with E-state index >= 15 is 0 Å². The van der Waals surface area contributed by atoms with E-state index in [-0.39, 0.29) is 11.5 Å². The van der Waals surface area contributed by atoms with Gasteiger partial charge < -0.3 is 9.55 Å². The van der Waals surface area contributed by atoms with Crippen LogP contribution in [0.1, 0.15) is 29.9 Å². The van der Waals surface area contributed by atoms with Crippen LogP contribution in [0.5, 0.6) is 0 Å². The summed E-state index contributed by atoms with van der Waals surface area (Å²) in [5.41, 5.74) is 0.685. The number of rotatable bonds is 2. The first-order valence-corrected chi connectivity index (χ1v) is 7.60. The Bertz CT molecular complexity index is 898. The summed E-state index contributed by atoms with van der Waals surface area (Å²) in [6.45, 7) is 0. The van der Waals surface area contributed by atoms with Crippen LogP contribution in [0.15, 0.2) is 39.9 Å². The molecular weight excluding hydrogens is 332 g/mol. The van der Waals surface area contributed by atoms with Crippen LogP contribution in [0, 0.1) is 0 Å². The molecule has 6 heteroatoms. The van der Waals surface area contributed by atoms with Crippen molar-refractivity contribution in [2.45, 2.75) is 18.3 Å². The Morgan fingerprint density at radius 2 is 2.10 bits per heavy atom. The minimum atomic E-state index is -0.0673. The molecule has 3 aromatic rings. The van der Waals surface area contributed by atoms with E-state index in [1.807, 2.05) is 36.0 Å². The summed E-state index contributed by atoms with van der Waals surface area (Å²) in [4.78, 5) is 24.1. The van der Waals surface area contributed by atoms with Gasteiger partial charge in [0.2, 0.25) is 0 Å². The SMILES string of the molecule is Cn1cc(Br)nc1C1CC1c1nc2ccccc2c(=O)[nH]1. The quantitative estimate of drug-likeness (QED) is 0.777. The minimum absolute atomic E-state index is 0.0673. The summed E-state index contributed by atoms with van der Waals surface area (Å²) >= 11 is 3.39. The summed E-state index contributed by atoms with van der Waals surface area (Å²) in [6.07, 6.45) is 2.92. The predicted molar refractivity (Wildman–Crippen MR) is 83.4 cm³/mol. The predicted octanol–water partition coefficient (Wildman–Crippen LogP) is 2.69. The molecule has 1 aliphatic carbocycles. The molecule has 0 spiro atoms. The molecule has 21 heavy (non-hydrogen) atoms. The second-order valence-corrected chi connectivity index (χ2v) is 6.26. The average Bonchev–Trinajstić information content (AvgIpc) is 3.18. The Hall–Kier alpha value is -1.95. The highest BCUT2D eigenvalue weighted by Crippen LogP contribution is 2.53. The van der Waals surface area contributed by atoms with Gasteiger partial charge in [-0.15, -0.1) is 0 Å². The van der Waals surface area contributed by atoms with Crippen molar-refractivity contribution in [1.29, 1.82) is 0 Å². The van der Waals surface area contributed by atoms with Gasteiger partial charge in [0, 0.05) is 25.1 Å². The number of imidazole rings is 1. The van der Waals surface area contributed by atoms with E-state index in [1.165, 1.54) is 0 Å². The third-order valence-corrected chi connectivity index (χ3v) is 4.37. The summed E-state index contributed by atoms with van der Waals surface area (Å²) in [5.74, 6) is 2.37. The molecule has 1 saturated carbocycles. The molecule has 5 nitrogen and oxygen atoms in total. The number of nitrogens with one attached hydrogen (secondary N) is 1. The number of halogens is 1. The molecule has 1 fully saturated rings.